The summed E-state index contributed by atoms with van der Waals surface area (Å²) >= 11 is 1.40. The number of carbonyl (C=O) groups is 2. The standard InChI is InChI=1S/C26H26N4O2S/c31-25(30-16-13-19-7-1-3-9-22(19)30)18-33-23-10-4-2-8-21(23)26(32)28-20-11-12-24(27-17-20)29-14-5-6-15-29/h1-4,7-12,17H,5-6,13-16,18H2,(H,28,32). The molecule has 1 aromatic heterocycles. The van der Waals surface area contributed by atoms with E-state index in [0.717, 1.165) is 35.9 Å². The van der Waals surface area contributed by atoms with Gasteiger partial charge in [0.05, 0.1) is 23.2 Å². The summed E-state index contributed by atoms with van der Waals surface area (Å²) in [5.41, 5.74) is 3.42. The Balaban J connectivity index is 1.23. The Bertz CT molecular complexity index is 1160. The Morgan fingerprint density at radius 1 is 0.939 bits per heavy atom. The van der Waals surface area contributed by atoms with Gasteiger partial charge in [-0.2, -0.15) is 0 Å². The number of nitrogens with one attached hydrogen (secondary N) is 1. The summed E-state index contributed by atoms with van der Waals surface area (Å²) in [7, 11) is 0. The van der Waals surface area contributed by atoms with Crippen LogP contribution in [0.25, 0.3) is 0 Å². The normalized spacial score (nSPS) is 14.9. The first-order chi connectivity index (χ1) is 16.2. The molecule has 2 aliphatic rings. The Morgan fingerprint density at radius 3 is 2.55 bits per heavy atom. The third-order valence-electron chi connectivity index (χ3n) is 6.11. The third-order valence-corrected chi connectivity index (χ3v) is 7.17. The second-order valence-corrected chi connectivity index (χ2v) is 9.28. The molecular formula is C26H26N4O2S. The van der Waals surface area contributed by atoms with Gasteiger partial charge in [0.2, 0.25) is 5.91 Å². The number of fused-ring (bicyclic) bond motifs is 1. The number of thioether (sulfide) groups is 1. The first-order valence-electron chi connectivity index (χ1n) is 11.3. The number of hydrogen-bond acceptors (Lipinski definition) is 5. The Hall–Kier alpha value is -3.32. The minimum absolute atomic E-state index is 0.0573. The highest BCUT2D eigenvalue weighted by molar-refractivity contribution is 8.00. The molecule has 6 nitrogen and oxygen atoms in total. The van der Waals surface area contributed by atoms with Crippen molar-refractivity contribution in [3.05, 3.63) is 78.0 Å². The van der Waals surface area contributed by atoms with Gasteiger partial charge < -0.3 is 15.1 Å². The fourth-order valence-electron chi connectivity index (χ4n) is 4.39. The predicted molar refractivity (Wildman–Crippen MR) is 133 cm³/mol. The van der Waals surface area contributed by atoms with E-state index >= 15 is 0 Å². The molecule has 2 aromatic carbocycles. The fourth-order valence-corrected chi connectivity index (χ4v) is 5.31. The molecule has 3 aromatic rings. The van der Waals surface area contributed by atoms with E-state index in [1.807, 2.05) is 53.4 Å². The number of aromatic nitrogens is 1. The first kappa shape index (κ1) is 21.5. The van der Waals surface area contributed by atoms with Crippen molar-refractivity contribution in [1.29, 1.82) is 0 Å². The maximum absolute atomic E-state index is 13.0. The van der Waals surface area contributed by atoms with Crippen LogP contribution in [0.1, 0.15) is 28.8 Å². The molecule has 2 amide bonds. The van der Waals surface area contributed by atoms with Gasteiger partial charge >= 0.3 is 0 Å². The molecule has 1 saturated heterocycles. The molecular weight excluding hydrogens is 432 g/mol. The molecule has 1 N–H and O–H groups in total. The summed E-state index contributed by atoms with van der Waals surface area (Å²) in [6.45, 7) is 2.78. The summed E-state index contributed by atoms with van der Waals surface area (Å²) in [6, 6.07) is 19.3. The van der Waals surface area contributed by atoms with Crippen molar-refractivity contribution in [3.8, 4) is 0 Å². The van der Waals surface area contributed by atoms with Gasteiger partial charge in [0.25, 0.3) is 5.91 Å². The van der Waals surface area contributed by atoms with Crippen molar-refractivity contribution in [3.63, 3.8) is 0 Å². The average molecular weight is 459 g/mol. The number of nitrogens with zero attached hydrogens (tertiary/aromatic N) is 3. The van der Waals surface area contributed by atoms with Crippen molar-refractivity contribution in [1.82, 2.24) is 4.98 Å². The molecule has 5 rings (SSSR count). The van der Waals surface area contributed by atoms with Gasteiger partial charge in [-0.15, -0.1) is 11.8 Å². The maximum Gasteiger partial charge on any atom is 0.256 e. The van der Waals surface area contributed by atoms with E-state index in [9.17, 15) is 9.59 Å². The molecule has 0 saturated carbocycles. The van der Waals surface area contributed by atoms with Crippen molar-refractivity contribution < 1.29 is 9.59 Å². The van der Waals surface area contributed by atoms with Crippen LogP contribution in [0.4, 0.5) is 17.2 Å². The zero-order valence-corrected chi connectivity index (χ0v) is 19.2. The topological polar surface area (TPSA) is 65.5 Å². The van der Waals surface area contributed by atoms with E-state index in [2.05, 4.69) is 21.3 Å². The Labute approximate surface area is 198 Å². The van der Waals surface area contributed by atoms with E-state index in [1.54, 1.807) is 12.3 Å². The molecule has 7 heteroatoms. The highest BCUT2D eigenvalue weighted by Gasteiger charge is 2.24. The van der Waals surface area contributed by atoms with Gasteiger partial charge in [-0.25, -0.2) is 4.98 Å². The summed E-state index contributed by atoms with van der Waals surface area (Å²) in [6.07, 6.45) is 4.98. The minimum atomic E-state index is -0.201. The molecule has 33 heavy (non-hydrogen) atoms. The Kier molecular flexibility index (Phi) is 6.30. The van der Waals surface area contributed by atoms with Crippen LogP contribution in [0.2, 0.25) is 0 Å². The monoisotopic (exact) mass is 458 g/mol. The zero-order valence-electron chi connectivity index (χ0n) is 18.4. The number of benzene rings is 2. The number of pyridine rings is 1. The van der Waals surface area contributed by atoms with Crippen molar-refractivity contribution in [2.24, 2.45) is 0 Å². The summed E-state index contributed by atoms with van der Waals surface area (Å²) < 4.78 is 0. The summed E-state index contributed by atoms with van der Waals surface area (Å²) in [5, 5.41) is 2.94. The average Bonchev–Trinajstić information content (AvgIpc) is 3.54. The molecule has 0 spiro atoms. The second kappa shape index (κ2) is 9.67. The van der Waals surface area contributed by atoms with Crippen LogP contribution < -0.4 is 15.1 Å². The van der Waals surface area contributed by atoms with Gasteiger partial charge in [-0.05, 0) is 55.2 Å². The number of hydrogen-bond donors (Lipinski definition) is 1. The van der Waals surface area contributed by atoms with E-state index in [-0.39, 0.29) is 17.6 Å². The lowest BCUT2D eigenvalue weighted by Gasteiger charge is -2.18. The largest absolute Gasteiger partial charge is 0.357 e. The zero-order chi connectivity index (χ0) is 22.6. The number of amides is 2. The van der Waals surface area contributed by atoms with E-state index < -0.39 is 0 Å². The number of anilines is 3. The molecule has 168 valence electrons. The van der Waals surface area contributed by atoms with Crippen LogP contribution in [0.5, 0.6) is 0 Å². The van der Waals surface area contributed by atoms with E-state index in [1.165, 1.54) is 30.2 Å². The number of rotatable bonds is 6. The molecule has 0 aliphatic carbocycles. The fraction of sp³-hybridized carbons (Fsp3) is 0.269. The molecule has 2 aliphatic heterocycles. The molecule has 0 bridgehead atoms. The smallest absolute Gasteiger partial charge is 0.256 e. The van der Waals surface area contributed by atoms with E-state index in [0.29, 0.717) is 17.8 Å². The van der Waals surface area contributed by atoms with Crippen molar-refractivity contribution in [2.45, 2.75) is 24.2 Å². The lowest BCUT2D eigenvalue weighted by Crippen LogP contribution is -2.30. The molecule has 3 heterocycles. The van der Waals surface area contributed by atoms with Crippen LogP contribution in [0.3, 0.4) is 0 Å². The Morgan fingerprint density at radius 2 is 1.73 bits per heavy atom. The molecule has 1 fully saturated rings. The predicted octanol–water partition coefficient (Wildman–Crippen LogP) is 4.62. The number of carbonyl (C=O) groups excluding carboxylic acids is 2. The highest BCUT2D eigenvalue weighted by atomic mass is 32.2. The van der Waals surface area contributed by atoms with Gasteiger partial charge in [-0.1, -0.05) is 30.3 Å². The van der Waals surface area contributed by atoms with Crippen LogP contribution in [-0.4, -0.2) is 42.2 Å². The van der Waals surface area contributed by atoms with Gasteiger partial charge in [-0.3, -0.25) is 9.59 Å². The highest BCUT2D eigenvalue weighted by Crippen LogP contribution is 2.30. The quantitative estimate of drug-likeness (QED) is 0.546. The van der Waals surface area contributed by atoms with Gasteiger partial charge in [0.15, 0.2) is 0 Å². The SMILES string of the molecule is O=C(Nc1ccc(N2CCCC2)nc1)c1ccccc1SCC(=O)N1CCc2ccccc21. The van der Waals surface area contributed by atoms with Crippen molar-refractivity contribution in [2.75, 3.05) is 40.5 Å². The van der Waals surface area contributed by atoms with Gasteiger partial charge in [0.1, 0.15) is 5.82 Å². The lowest BCUT2D eigenvalue weighted by atomic mass is 10.2. The summed E-state index contributed by atoms with van der Waals surface area (Å²) in [5.74, 6) is 1.09. The molecule has 0 atom stereocenters. The van der Waals surface area contributed by atoms with Crippen molar-refractivity contribution >= 4 is 40.8 Å². The lowest BCUT2D eigenvalue weighted by molar-refractivity contribution is -0.116. The first-order valence-corrected chi connectivity index (χ1v) is 12.3. The third kappa shape index (κ3) is 4.73. The van der Waals surface area contributed by atoms with E-state index in [4.69, 9.17) is 0 Å². The second-order valence-electron chi connectivity index (χ2n) is 8.26. The number of para-hydroxylation sites is 1. The van der Waals surface area contributed by atoms with Crippen LogP contribution in [-0.2, 0) is 11.2 Å². The molecule has 0 unspecified atom stereocenters. The van der Waals surface area contributed by atoms with Crippen LogP contribution >= 0.6 is 11.8 Å². The van der Waals surface area contributed by atoms with Crippen LogP contribution in [0, 0.1) is 0 Å². The summed E-state index contributed by atoms with van der Waals surface area (Å²) in [4.78, 5) is 35.3. The maximum atomic E-state index is 13.0. The molecule has 0 radical (unpaired) electrons. The minimum Gasteiger partial charge on any atom is -0.357 e. The van der Waals surface area contributed by atoms with Gasteiger partial charge in [0, 0.05) is 30.2 Å². The van der Waals surface area contributed by atoms with Crippen LogP contribution in [0.15, 0.2) is 71.8 Å².